The highest BCUT2D eigenvalue weighted by Gasteiger charge is 2.51. The van der Waals surface area contributed by atoms with Crippen LogP contribution in [0.1, 0.15) is 32.1 Å². The highest BCUT2D eigenvalue weighted by Crippen LogP contribution is 2.44. The predicted molar refractivity (Wildman–Crippen MR) is 69.5 cm³/mol. The summed E-state index contributed by atoms with van der Waals surface area (Å²) in [7, 11) is -2.54. The van der Waals surface area contributed by atoms with Crippen LogP contribution in [0.2, 0.25) is 0 Å². The topological polar surface area (TPSA) is 101 Å². The summed E-state index contributed by atoms with van der Waals surface area (Å²) in [5.74, 6) is -2.00. The maximum absolute atomic E-state index is 12.4. The number of sulfonamides is 1. The number of esters is 1. The van der Waals surface area contributed by atoms with E-state index in [1.807, 2.05) is 0 Å². The van der Waals surface area contributed by atoms with Gasteiger partial charge in [-0.3, -0.25) is 9.59 Å². The molecule has 20 heavy (non-hydrogen) atoms. The Hall–Kier alpha value is -1.15. The maximum atomic E-state index is 12.4. The van der Waals surface area contributed by atoms with E-state index in [0.29, 0.717) is 25.7 Å². The summed E-state index contributed by atoms with van der Waals surface area (Å²) < 4.78 is 30.6. The van der Waals surface area contributed by atoms with Crippen LogP contribution in [0.4, 0.5) is 0 Å². The lowest BCUT2D eigenvalue weighted by atomic mass is 9.70. The Morgan fingerprint density at radius 2 is 2.00 bits per heavy atom. The molecule has 1 aliphatic heterocycles. The molecule has 0 aromatic carbocycles. The number of rotatable bonds is 5. The van der Waals surface area contributed by atoms with Crippen LogP contribution in [0.15, 0.2) is 0 Å². The number of nitrogens with zero attached hydrogens (tertiary/aromatic N) is 1. The van der Waals surface area contributed by atoms with Crippen LogP contribution < -0.4 is 0 Å². The average molecular weight is 305 g/mol. The van der Waals surface area contributed by atoms with Crippen LogP contribution >= 0.6 is 0 Å². The van der Waals surface area contributed by atoms with Gasteiger partial charge in [-0.15, -0.1) is 0 Å². The van der Waals surface area contributed by atoms with Gasteiger partial charge in [0.2, 0.25) is 10.0 Å². The molecule has 1 saturated carbocycles. The molecule has 2 fully saturated rings. The Morgan fingerprint density at radius 3 is 2.45 bits per heavy atom. The molecule has 0 bridgehead atoms. The smallest absolute Gasteiger partial charge is 0.322 e. The highest BCUT2D eigenvalue weighted by atomic mass is 32.2. The number of carboxylic acid groups (broad SMARTS) is 1. The molecule has 1 N–H and O–H groups in total. The molecule has 1 heterocycles. The number of aliphatic carboxylic acids is 1. The molecule has 0 aromatic rings. The molecule has 1 unspecified atom stereocenters. The summed E-state index contributed by atoms with van der Waals surface area (Å²) in [6.07, 6.45) is 2.59. The van der Waals surface area contributed by atoms with Crippen molar-refractivity contribution in [2.45, 2.75) is 38.1 Å². The largest absolute Gasteiger partial charge is 0.480 e. The Balaban J connectivity index is 2.18. The Morgan fingerprint density at radius 1 is 1.35 bits per heavy atom. The van der Waals surface area contributed by atoms with Crippen molar-refractivity contribution >= 4 is 22.0 Å². The first kappa shape index (κ1) is 15.2. The zero-order chi connectivity index (χ0) is 15.0. The first-order chi connectivity index (χ1) is 9.32. The molecule has 2 rings (SSSR count). The molecule has 0 amide bonds. The number of hydrogen-bond acceptors (Lipinski definition) is 5. The lowest BCUT2D eigenvalue weighted by Crippen LogP contribution is -2.50. The fraction of sp³-hybridized carbons (Fsp3) is 0.833. The second-order valence-electron chi connectivity index (χ2n) is 5.49. The van der Waals surface area contributed by atoms with Gasteiger partial charge < -0.3 is 9.84 Å². The molecule has 114 valence electrons. The summed E-state index contributed by atoms with van der Waals surface area (Å²) in [4.78, 5) is 22.9. The van der Waals surface area contributed by atoms with Crippen molar-refractivity contribution in [3.63, 3.8) is 0 Å². The van der Waals surface area contributed by atoms with Crippen LogP contribution in [-0.2, 0) is 24.3 Å². The fourth-order valence-corrected chi connectivity index (χ4v) is 5.24. The number of methoxy groups -OCH3 is 1. The summed E-state index contributed by atoms with van der Waals surface area (Å²) in [5.41, 5.74) is -0.987. The number of hydrogen-bond donors (Lipinski definition) is 1. The Labute approximate surface area is 117 Å². The first-order valence-corrected chi connectivity index (χ1v) is 8.24. The molecular weight excluding hydrogens is 286 g/mol. The van der Waals surface area contributed by atoms with E-state index in [-0.39, 0.29) is 12.3 Å². The van der Waals surface area contributed by atoms with E-state index in [4.69, 9.17) is 9.84 Å². The summed E-state index contributed by atoms with van der Waals surface area (Å²) in [6, 6.07) is -1.00. The van der Waals surface area contributed by atoms with E-state index in [9.17, 15) is 18.0 Å². The van der Waals surface area contributed by atoms with E-state index in [2.05, 4.69) is 0 Å². The molecular formula is C12H19NO6S. The van der Waals surface area contributed by atoms with Crippen LogP contribution in [0.25, 0.3) is 0 Å². The second-order valence-corrected chi connectivity index (χ2v) is 7.41. The predicted octanol–water partition coefficient (Wildman–Crippen LogP) is 0.208. The van der Waals surface area contributed by atoms with Crippen molar-refractivity contribution in [1.82, 2.24) is 4.31 Å². The third-order valence-corrected chi connectivity index (χ3v) is 6.30. The Kier molecular flexibility index (Phi) is 4.06. The minimum Gasteiger partial charge on any atom is -0.480 e. The normalized spacial score (nSPS) is 25.9. The summed E-state index contributed by atoms with van der Waals surface area (Å²) in [5, 5.41) is 9.07. The zero-order valence-electron chi connectivity index (χ0n) is 11.4. The standard InChI is InChI=1S/C12H19NO6S/c1-19-11(16)12(5-3-6-12)8-20(17,18)13-7-2-4-9(13)10(14)15/h9H,2-8H2,1H3,(H,14,15). The summed E-state index contributed by atoms with van der Waals surface area (Å²) in [6.45, 7) is 0.205. The van der Waals surface area contributed by atoms with E-state index < -0.39 is 33.4 Å². The van der Waals surface area contributed by atoms with Crippen molar-refractivity contribution in [3.8, 4) is 0 Å². The molecule has 8 heteroatoms. The molecule has 1 atom stereocenters. The van der Waals surface area contributed by atoms with E-state index >= 15 is 0 Å². The fourth-order valence-electron chi connectivity index (χ4n) is 2.98. The van der Waals surface area contributed by atoms with E-state index in [1.54, 1.807) is 0 Å². The van der Waals surface area contributed by atoms with Crippen LogP contribution in [0, 0.1) is 5.41 Å². The first-order valence-electron chi connectivity index (χ1n) is 6.63. The van der Waals surface area contributed by atoms with Gasteiger partial charge in [-0.05, 0) is 25.7 Å². The number of carbonyl (C=O) groups is 2. The minimum atomic E-state index is -3.78. The van der Waals surface area contributed by atoms with Gasteiger partial charge >= 0.3 is 11.9 Å². The number of carbonyl (C=O) groups excluding carboxylic acids is 1. The van der Waals surface area contributed by atoms with E-state index in [0.717, 1.165) is 10.7 Å². The quantitative estimate of drug-likeness (QED) is 0.729. The summed E-state index contributed by atoms with van der Waals surface area (Å²) >= 11 is 0. The van der Waals surface area contributed by atoms with Gasteiger partial charge in [-0.2, -0.15) is 4.31 Å². The van der Waals surface area contributed by atoms with Gasteiger partial charge in [0.15, 0.2) is 0 Å². The molecule has 0 aromatic heterocycles. The SMILES string of the molecule is COC(=O)C1(CS(=O)(=O)N2CCCC2C(=O)O)CCC1. The van der Waals surface area contributed by atoms with Gasteiger partial charge in [-0.25, -0.2) is 8.42 Å². The van der Waals surface area contributed by atoms with Gasteiger partial charge in [0.05, 0.1) is 18.3 Å². The molecule has 0 spiro atoms. The maximum Gasteiger partial charge on any atom is 0.322 e. The van der Waals surface area contributed by atoms with Gasteiger partial charge in [0.1, 0.15) is 6.04 Å². The highest BCUT2D eigenvalue weighted by molar-refractivity contribution is 7.89. The molecule has 1 aliphatic carbocycles. The van der Waals surface area contributed by atoms with Crippen molar-refractivity contribution < 1.29 is 27.9 Å². The number of carboxylic acids is 1. The lowest BCUT2D eigenvalue weighted by molar-refractivity contribution is -0.156. The van der Waals surface area contributed by atoms with E-state index in [1.165, 1.54) is 7.11 Å². The van der Waals surface area contributed by atoms with Crippen molar-refractivity contribution in [1.29, 1.82) is 0 Å². The third kappa shape index (κ3) is 2.54. The lowest BCUT2D eigenvalue weighted by Gasteiger charge is -2.39. The number of ether oxygens (including phenoxy) is 1. The third-order valence-electron chi connectivity index (χ3n) is 4.23. The van der Waals surface area contributed by atoms with Crippen LogP contribution in [0.5, 0.6) is 0 Å². The van der Waals surface area contributed by atoms with Crippen molar-refractivity contribution in [3.05, 3.63) is 0 Å². The second kappa shape index (κ2) is 5.33. The van der Waals surface area contributed by atoms with Crippen LogP contribution in [-0.4, -0.2) is 55.2 Å². The molecule has 0 radical (unpaired) electrons. The average Bonchev–Trinajstić information content (AvgIpc) is 2.83. The molecule has 7 nitrogen and oxygen atoms in total. The van der Waals surface area contributed by atoms with Gasteiger partial charge in [-0.1, -0.05) is 6.42 Å². The van der Waals surface area contributed by atoms with Crippen molar-refractivity contribution in [2.24, 2.45) is 5.41 Å². The monoisotopic (exact) mass is 305 g/mol. The Bertz CT molecular complexity index is 510. The molecule has 1 saturated heterocycles. The molecule has 2 aliphatic rings. The zero-order valence-corrected chi connectivity index (χ0v) is 12.2. The van der Waals surface area contributed by atoms with Gasteiger partial charge in [0, 0.05) is 6.54 Å². The van der Waals surface area contributed by atoms with Gasteiger partial charge in [0.25, 0.3) is 0 Å². The van der Waals surface area contributed by atoms with Crippen molar-refractivity contribution in [2.75, 3.05) is 19.4 Å². The van der Waals surface area contributed by atoms with Crippen LogP contribution in [0.3, 0.4) is 0 Å². The minimum absolute atomic E-state index is 0.205.